The predicted octanol–water partition coefficient (Wildman–Crippen LogP) is 0.294. The lowest BCUT2D eigenvalue weighted by Gasteiger charge is -2.24. The van der Waals surface area contributed by atoms with Crippen molar-refractivity contribution >= 4 is 23.8 Å². The van der Waals surface area contributed by atoms with Crippen molar-refractivity contribution in [3.8, 4) is 5.75 Å². The number of imide groups is 1. The molecule has 1 heterocycles. The number of rotatable bonds is 9. The minimum atomic E-state index is -1.34. The number of nitrogens with zero attached hydrogens (tertiary/aromatic N) is 3. The molecule has 0 bridgehead atoms. The van der Waals surface area contributed by atoms with Gasteiger partial charge in [0.05, 0.1) is 20.2 Å². The van der Waals surface area contributed by atoms with Gasteiger partial charge in [-0.05, 0) is 45.5 Å². The second-order valence-electron chi connectivity index (χ2n) is 7.20. The maximum Gasteiger partial charge on any atom is 0.344 e. The van der Waals surface area contributed by atoms with Crippen LogP contribution in [0.4, 0.5) is 4.79 Å². The standard InChI is InChI=1S/C20H29N5O5/c1-6-24(7-2)17(27)13-23(4)12-16(26)22-25-18(28)20(3,21-19(25)29)14-9-8-10-15(11-14)30-5/h8-11H,6-7,12-13H2,1-5H3,(H,21,29)(H,22,26). The molecule has 30 heavy (non-hydrogen) atoms. The summed E-state index contributed by atoms with van der Waals surface area (Å²) in [6.07, 6.45) is 0. The number of hydrogen-bond donors (Lipinski definition) is 2. The van der Waals surface area contributed by atoms with E-state index in [0.29, 0.717) is 29.4 Å². The van der Waals surface area contributed by atoms with Crippen LogP contribution in [-0.2, 0) is 19.9 Å². The Labute approximate surface area is 176 Å². The lowest BCUT2D eigenvalue weighted by molar-refractivity contribution is -0.140. The van der Waals surface area contributed by atoms with Gasteiger partial charge < -0.3 is 15.0 Å². The van der Waals surface area contributed by atoms with Crippen molar-refractivity contribution in [2.24, 2.45) is 0 Å². The van der Waals surface area contributed by atoms with Crippen molar-refractivity contribution in [3.05, 3.63) is 29.8 Å². The van der Waals surface area contributed by atoms with Crippen molar-refractivity contribution in [2.75, 3.05) is 40.3 Å². The largest absolute Gasteiger partial charge is 0.497 e. The van der Waals surface area contributed by atoms with Gasteiger partial charge in [-0.1, -0.05) is 12.1 Å². The van der Waals surface area contributed by atoms with E-state index in [1.54, 1.807) is 43.1 Å². The van der Waals surface area contributed by atoms with Crippen LogP contribution >= 0.6 is 0 Å². The van der Waals surface area contributed by atoms with Crippen LogP contribution < -0.4 is 15.5 Å². The number of nitrogens with one attached hydrogen (secondary N) is 2. The Kier molecular flexibility index (Phi) is 7.38. The maximum absolute atomic E-state index is 12.9. The molecule has 10 nitrogen and oxygen atoms in total. The van der Waals surface area contributed by atoms with Gasteiger partial charge in [0.2, 0.25) is 5.91 Å². The van der Waals surface area contributed by atoms with Crippen LogP contribution in [0.25, 0.3) is 0 Å². The first kappa shape index (κ1) is 23.1. The first-order valence-corrected chi connectivity index (χ1v) is 9.73. The van der Waals surface area contributed by atoms with E-state index < -0.39 is 23.4 Å². The topological polar surface area (TPSA) is 111 Å². The van der Waals surface area contributed by atoms with E-state index in [4.69, 9.17) is 4.74 Å². The summed E-state index contributed by atoms with van der Waals surface area (Å²) in [4.78, 5) is 53.0. The zero-order valence-electron chi connectivity index (χ0n) is 18.0. The molecule has 1 atom stereocenters. The van der Waals surface area contributed by atoms with Gasteiger partial charge in [-0.3, -0.25) is 24.7 Å². The molecule has 1 aromatic rings. The van der Waals surface area contributed by atoms with E-state index in [1.165, 1.54) is 12.0 Å². The van der Waals surface area contributed by atoms with E-state index in [-0.39, 0.29) is 19.0 Å². The van der Waals surface area contributed by atoms with E-state index in [1.807, 2.05) is 13.8 Å². The Morgan fingerprint density at radius 2 is 1.87 bits per heavy atom. The number of benzene rings is 1. The number of ether oxygens (including phenoxy) is 1. The maximum atomic E-state index is 12.9. The molecule has 0 aromatic heterocycles. The fraction of sp³-hybridized carbons (Fsp3) is 0.500. The van der Waals surface area contributed by atoms with E-state index in [2.05, 4.69) is 10.7 Å². The van der Waals surface area contributed by atoms with Gasteiger partial charge in [0, 0.05) is 13.1 Å². The lowest BCUT2D eigenvalue weighted by atomic mass is 9.92. The molecule has 0 aliphatic carbocycles. The van der Waals surface area contributed by atoms with Crippen LogP contribution in [0.2, 0.25) is 0 Å². The van der Waals surface area contributed by atoms with Gasteiger partial charge in [-0.15, -0.1) is 0 Å². The van der Waals surface area contributed by atoms with Crippen molar-refractivity contribution < 1.29 is 23.9 Å². The molecular weight excluding hydrogens is 390 g/mol. The Hall–Kier alpha value is -3.14. The van der Waals surface area contributed by atoms with E-state index in [9.17, 15) is 19.2 Å². The van der Waals surface area contributed by atoms with E-state index in [0.717, 1.165) is 0 Å². The second-order valence-corrected chi connectivity index (χ2v) is 7.20. The quantitative estimate of drug-likeness (QED) is 0.557. The Morgan fingerprint density at radius 3 is 2.47 bits per heavy atom. The lowest BCUT2D eigenvalue weighted by Crippen LogP contribution is -2.51. The number of hydrogen-bond acceptors (Lipinski definition) is 6. The second kappa shape index (κ2) is 9.57. The minimum Gasteiger partial charge on any atom is -0.497 e. The van der Waals surface area contributed by atoms with Crippen molar-refractivity contribution in [3.63, 3.8) is 0 Å². The smallest absolute Gasteiger partial charge is 0.344 e. The number of amides is 5. The highest BCUT2D eigenvalue weighted by Gasteiger charge is 2.50. The summed E-state index contributed by atoms with van der Waals surface area (Å²) >= 11 is 0. The van der Waals surface area contributed by atoms with Crippen LogP contribution in [0, 0.1) is 0 Å². The molecule has 1 aliphatic heterocycles. The van der Waals surface area contributed by atoms with Crippen molar-refractivity contribution in [2.45, 2.75) is 26.3 Å². The molecule has 1 aromatic carbocycles. The summed E-state index contributed by atoms with van der Waals surface area (Å²) in [6, 6.07) is 6.04. The summed E-state index contributed by atoms with van der Waals surface area (Å²) in [5.74, 6) is -0.757. The number of hydrazine groups is 1. The van der Waals surface area contributed by atoms with Crippen LogP contribution in [0.3, 0.4) is 0 Å². The number of carbonyl (C=O) groups excluding carboxylic acids is 4. The highest BCUT2D eigenvalue weighted by atomic mass is 16.5. The summed E-state index contributed by atoms with van der Waals surface area (Å²) in [5, 5.41) is 3.28. The molecule has 10 heteroatoms. The Morgan fingerprint density at radius 1 is 1.20 bits per heavy atom. The molecule has 2 N–H and O–H groups in total. The molecule has 0 saturated carbocycles. The number of likely N-dealkylation sites (N-methyl/N-ethyl adjacent to an activating group) is 2. The first-order valence-electron chi connectivity index (χ1n) is 9.73. The fourth-order valence-electron chi connectivity index (χ4n) is 3.24. The Bertz CT molecular complexity index is 826. The number of urea groups is 1. The summed E-state index contributed by atoms with van der Waals surface area (Å²) in [7, 11) is 3.12. The van der Waals surface area contributed by atoms with Crippen LogP contribution in [0.5, 0.6) is 5.75 Å². The molecule has 164 valence electrons. The van der Waals surface area contributed by atoms with E-state index >= 15 is 0 Å². The van der Waals surface area contributed by atoms with Crippen LogP contribution in [-0.4, -0.2) is 78.9 Å². The molecule has 5 amide bonds. The van der Waals surface area contributed by atoms with Crippen LogP contribution in [0.15, 0.2) is 24.3 Å². The molecular formula is C20H29N5O5. The molecule has 1 saturated heterocycles. The van der Waals surface area contributed by atoms with Gasteiger partial charge in [0.15, 0.2) is 0 Å². The van der Waals surface area contributed by atoms with Crippen LogP contribution in [0.1, 0.15) is 26.3 Å². The molecule has 0 spiro atoms. The summed E-state index contributed by atoms with van der Waals surface area (Å²) < 4.78 is 5.18. The molecule has 1 unspecified atom stereocenters. The third-order valence-corrected chi connectivity index (χ3v) is 5.01. The van der Waals surface area contributed by atoms with Gasteiger partial charge in [0.25, 0.3) is 11.8 Å². The van der Waals surface area contributed by atoms with Crippen molar-refractivity contribution in [1.82, 2.24) is 25.6 Å². The third kappa shape index (κ3) is 4.88. The first-order chi connectivity index (χ1) is 14.2. The molecule has 1 fully saturated rings. The minimum absolute atomic E-state index is 0.0523. The Balaban J connectivity index is 2.03. The van der Waals surface area contributed by atoms with Gasteiger partial charge in [-0.25, -0.2) is 4.79 Å². The SMILES string of the molecule is CCN(CC)C(=O)CN(C)CC(=O)NN1C(=O)NC(C)(c2cccc(OC)c2)C1=O. The number of methoxy groups -OCH3 is 1. The predicted molar refractivity (Wildman–Crippen MR) is 109 cm³/mol. The number of carbonyl (C=O) groups is 4. The van der Waals surface area contributed by atoms with Gasteiger partial charge >= 0.3 is 6.03 Å². The molecule has 0 radical (unpaired) electrons. The zero-order valence-corrected chi connectivity index (χ0v) is 18.0. The average Bonchev–Trinajstić information content (AvgIpc) is 2.92. The van der Waals surface area contributed by atoms with Crippen molar-refractivity contribution in [1.29, 1.82) is 0 Å². The fourth-order valence-corrected chi connectivity index (χ4v) is 3.24. The average molecular weight is 419 g/mol. The van der Waals surface area contributed by atoms with Gasteiger partial charge in [0.1, 0.15) is 11.3 Å². The summed E-state index contributed by atoms with van der Waals surface area (Å²) in [6.45, 7) is 6.39. The normalized spacial score (nSPS) is 18.4. The molecule has 2 rings (SSSR count). The summed E-state index contributed by atoms with van der Waals surface area (Å²) in [5.41, 5.74) is 1.51. The zero-order chi connectivity index (χ0) is 22.5. The highest BCUT2D eigenvalue weighted by molar-refractivity contribution is 6.08. The van der Waals surface area contributed by atoms with Gasteiger partial charge in [-0.2, -0.15) is 5.01 Å². The highest BCUT2D eigenvalue weighted by Crippen LogP contribution is 2.30. The monoisotopic (exact) mass is 419 g/mol. The third-order valence-electron chi connectivity index (χ3n) is 5.01. The molecule has 1 aliphatic rings.